The van der Waals surface area contributed by atoms with E-state index >= 15 is 0 Å². The zero-order valence-electron chi connectivity index (χ0n) is 16.5. The van der Waals surface area contributed by atoms with Crippen molar-refractivity contribution in [2.75, 3.05) is 26.7 Å². The largest absolute Gasteiger partial charge is 0.484 e. The topological polar surface area (TPSA) is 87.7 Å². The van der Waals surface area contributed by atoms with Gasteiger partial charge < -0.3 is 15.0 Å². The Labute approximate surface area is 167 Å². The van der Waals surface area contributed by atoms with E-state index in [1.54, 1.807) is 12.1 Å². The van der Waals surface area contributed by atoms with Crippen LogP contribution in [0.1, 0.15) is 44.9 Å². The normalized spacial score (nSPS) is 20.0. The molecule has 156 valence electrons. The number of rotatable bonds is 7. The molecule has 1 saturated carbocycles. The first-order valence-corrected chi connectivity index (χ1v) is 11.6. The number of sulfonamides is 1. The average Bonchev–Trinajstić information content (AvgIpc) is 2.69. The van der Waals surface area contributed by atoms with E-state index in [2.05, 4.69) is 22.0 Å². The van der Waals surface area contributed by atoms with Crippen LogP contribution in [0.4, 0.5) is 0 Å². The fraction of sp³-hybridized carbons (Fsp3) is 0.650. The third-order valence-electron chi connectivity index (χ3n) is 5.51. The second-order valence-electron chi connectivity index (χ2n) is 7.86. The molecule has 1 aliphatic heterocycles. The summed E-state index contributed by atoms with van der Waals surface area (Å²) in [6.07, 6.45) is 7.00. The SMILES string of the molecule is CN1CCC(NC(=O)COc2ccc(S(=O)(=O)NC3CCCCC3)cc2)CC1. The van der Waals surface area contributed by atoms with Gasteiger partial charge in [-0.3, -0.25) is 4.79 Å². The smallest absolute Gasteiger partial charge is 0.258 e. The second-order valence-corrected chi connectivity index (χ2v) is 9.58. The van der Waals surface area contributed by atoms with Crippen LogP contribution >= 0.6 is 0 Å². The summed E-state index contributed by atoms with van der Waals surface area (Å²) in [6.45, 7) is 1.89. The number of piperidine rings is 1. The number of likely N-dealkylation sites (tertiary alicyclic amines) is 1. The van der Waals surface area contributed by atoms with Gasteiger partial charge in [0.1, 0.15) is 5.75 Å². The molecule has 1 aromatic rings. The number of nitrogens with zero attached hydrogens (tertiary/aromatic N) is 1. The molecule has 0 unspecified atom stereocenters. The third kappa shape index (κ3) is 6.18. The van der Waals surface area contributed by atoms with Crippen LogP contribution in [0.15, 0.2) is 29.2 Å². The lowest BCUT2D eigenvalue weighted by molar-refractivity contribution is -0.124. The summed E-state index contributed by atoms with van der Waals surface area (Å²) >= 11 is 0. The van der Waals surface area contributed by atoms with Gasteiger partial charge in [-0.05, 0) is 70.1 Å². The molecule has 1 saturated heterocycles. The number of carbonyl (C=O) groups excluding carboxylic acids is 1. The van der Waals surface area contributed by atoms with Gasteiger partial charge in [0, 0.05) is 12.1 Å². The van der Waals surface area contributed by atoms with E-state index in [4.69, 9.17) is 4.74 Å². The van der Waals surface area contributed by atoms with Gasteiger partial charge in [0.05, 0.1) is 4.90 Å². The lowest BCUT2D eigenvalue weighted by atomic mass is 9.96. The molecule has 0 aromatic heterocycles. The Morgan fingerprint density at radius 1 is 1.04 bits per heavy atom. The van der Waals surface area contributed by atoms with Crippen LogP contribution in [0, 0.1) is 0 Å². The van der Waals surface area contributed by atoms with Crippen molar-refractivity contribution >= 4 is 15.9 Å². The molecule has 8 heteroatoms. The number of hydrogen-bond donors (Lipinski definition) is 2. The van der Waals surface area contributed by atoms with Gasteiger partial charge in [-0.25, -0.2) is 13.1 Å². The maximum absolute atomic E-state index is 12.5. The van der Waals surface area contributed by atoms with E-state index in [1.807, 2.05) is 0 Å². The summed E-state index contributed by atoms with van der Waals surface area (Å²) in [5.74, 6) is 0.334. The molecule has 3 rings (SSSR count). The lowest BCUT2D eigenvalue weighted by Crippen LogP contribution is -2.44. The van der Waals surface area contributed by atoms with E-state index in [0.29, 0.717) is 5.75 Å². The molecule has 2 fully saturated rings. The monoisotopic (exact) mass is 409 g/mol. The van der Waals surface area contributed by atoms with Crippen LogP contribution in [-0.2, 0) is 14.8 Å². The fourth-order valence-corrected chi connectivity index (χ4v) is 5.10. The molecule has 7 nitrogen and oxygen atoms in total. The summed E-state index contributed by atoms with van der Waals surface area (Å²) in [5.41, 5.74) is 0. The van der Waals surface area contributed by atoms with Crippen molar-refractivity contribution in [2.24, 2.45) is 0 Å². The molecule has 0 spiro atoms. The summed E-state index contributed by atoms with van der Waals surface area (Å²) in [4.78, 5) is 14.5. The highest BCUT2D eigenvalue weighted by Crippen LogP contribution is 2.21. The predicted octanol–water partition coefficient (Wildman–Crippen LogP) is 1.89. The molecule has 2 N–H and O–H groups in total. The highest BCUT2D eigenvalue weighted by Gasteiger charge is 2.22. The molecular weight excluding hydrogens is 378 g/mol. The van der Waals surface area contributed by atoms with Crippen molar-refractivity contribution < 1.29 is 17.9 Å². The number of ether oxygens (including phenoxy) is 1. The van der Waals surface area contributed by atoms with E-state index in [0.717, 1.165) is 51.6 Å². The molecule has 1 aliphatic carbocycles. The Kier molecular flexibility index (Phi) is 7.31. The van der Waals surface area contributed by atoms with Crippen LogP contribution < -0.4 is 14.8 Å². The molecule has 1 heterocycles. The summed E-state index contributed by atoms with van der Waals surface area (Å²) in [5, 5.41) is 2.99. The number of benzene rings is 1. The summed E-state index contributed by atoms with van der Waals surface area (Å²) in [6, 6.07) is 6.46. The van der Waals surface area contributed by atoms with Gasteiger partial charge in [0.15, 0.2) is 6.61 Å². The molecule has 0 bridgehead atoms. The highest BCUT2D eigenvalue weighted by molar-refractivity contribution is 7.89. The fourth-order valence-electron chi connectivity index (χ4n) is 3.79. The van der Waals surface area contributed by atoms with Crippen molar-refractivity contribution in [3.8, 4) is 5.75 Å². The number of amides is 1. The molecule has 2 aliphatic rings. The molecular formula is C20H31N3O4S. The number of hydrogen-bond acceptors (Lipinski definition) is 5. The lowest BCUT2D eigenvalue weighted by Gasteiger charge is -2.29. The van der Waals surface area contributed by atoms with Crippen LogP contribution in [0.3, 0.4) is 0 Å². The molecule has 1 amide bonds. The Morgan fingerprint density at radius 2 is 1.68 bits per heavy atom. The first kappa shape index (κ1) is 21.1. The van der Waals surface area contributed by atoms with Crippen molar-refractivity contribution in [3.63, 3.8) is 0 Å². The highest BCUT2D eigenvalue weighted by atomic mass is 32.2. The first-order chi connectivity index (χ1) is 13.4. The number of carbonyl (C=O) groups is 1. The minimum Gasteiger partial charge on any atom is -0.484 e. The summed E-state index contributed by atoms with van der Waals surface area (Å²) in [7, 11) is -1.44. The minimum absolute atomic E-state index is 0.0259. The minimum atomic E-state index is -3.52. The zero-order valence-corrected chi connectivity index (χ0v) is 17.3. The Morgan fingerprint density at radius 3 is 2.32 bits per heavy atom. The Balaban J connectivity index is 1.46. The van der Waals surface area contributed by atoms with Gasteiger partial charge in [-0.1, -0.05) is 19.3 Å². The second kappa shape index (κ2) is 9.71. The van der Waals surface area contributed by atoms with Gasteiger partial charge in [0.2, 0.25) is 10.0 Å². The maximum Gasteiger partial charge on any atom is 0.258 e. The van der Waals surface area contributed by atoms with Crippen molar-refractivity contribution in [3.05, 3.63) is 24.3 Å². The average molecular weight is 410 g/mol. The van der Waals surface area contributed by atoms with Crippen LogP contribution in [0.5, 0.6) is 5.75 Å². The van der Waals surface area contributed by atoms with Crippen LogP contribution in [0.2, 0.25) is 0 Å². The van der Waals surface area contributed by atoms with Crippen molar-refractivity contribution in [2.45, 2.75) is 61.9 Å². The van der Waals surface area contributed by atoms with Gasteiger partial charge in [-0.15, -0.1) is 0 Å². The van der Waals surface area contributed by atoms with E-state index in [-0.39, 0.29) is 29.5 Å². The van der Waals surface area contributed by atoms with Gasteiger partial charge in [-0.2, -0.15) is 0 Å². The zero-order chi connectivity index (χ0) is 20.0. The maximum atomic E-state index is 12.5. The van der Waals surface area contributed by atoms with Crippen molar-refractivity contribution in [1.29, 1.82) is 0 Å². The molecule has 1 aromatic carbocycles. The van der Waals surface area contributed by atoms with E-state index in [9.17, 15) is 13.2 Å². The Bertz CT molecular complexity index is 737. The van der Waals surface area contributed by atoms with Gasteiger partial charge in [0.25, 0.3) is 5.91 Å². The summed E-state index contributed by atoms with van der Waals surface area (Å²) < 4.78 is 33.3. The van der Waals surface area contributed by atoms with Crippen molar-refractivity contribution in [1.82, 2.24) is 14.9 Å². The van der Waals surface area contributed by atoms with Crippen LogP contribution in [-0.4, -0.2) is 58.1 Å². The first-order valence-electron chi connectivity index (χ1n) is 10.2. The molecule has 0 radical (unpaired) electrons. The molecule has 0 atom stereocenters. The van der Waals surface area contributed by atoms with Gasteiger partial charge >= 0.3 is 0 Å². The molecule has 28 heavy (non-hydrogen) atoms. The van der Waals surface area contributed by atoms with E-state index in [1.165, 1.54) is 18.6 Å². The quantitative estimate of drug-likeness (QED) is 0.718. The Hall–Kier alpha value is -1.64. The standard InChI is InChI=1S/C20H31N3O4S/c1-23-13-11-16(12-14-23)21-20(24)15-27-18-7-9-19(10-8-18)28(25,26)22-17-5-3-2-4-6-17/h7-10,16-17,22H,2-6,11-15H2,1H3,(H,21,24). The van der Waals surface area contributed by atoms with E-state index < -0.39 is 10.0 Å². The third-order valence-corrected chi connectivity index (χ3v) is 7.05. The number of nitrogens with one attached hydrogen (secondary N) is 2. The predicted molar refractivity (Wildman–Crippen MR) is 108 cm³/mol. The van der Waals surface area contributed by atoms with Crippen LogP contribution in [0.25, 0.3) is 0 Å².